The standard InChI is InChI=1S/C27H34N2O5/c1-3-19(16-25(30)28-15-14-18(2)12-13-26(31)32)29-27(33)34-17-24-22-10-6-4-8-20(22)21-9-5-7-11-23(21)24/h4-11,18-19,24H,3,12-17H2,1-2H3,(H,28,30)(H,29,33)(H,31,32)/t18?,19-/m1/s1. The van der Waals surface area contributed by atoms with Gasteiger partial charge in [0.25, 0.3) is 0 Å². The minimum atomic E-state index is -0.805. The Morgan fingerprint density at radius 1 is 1.00 bits per heavy atom. The van der Waals surface area contributed by atoms with Gasteiger partial charge in [0.05, 0.1) is 0 Å². The molecule has 0 heterocycles. The second-order valence-electron chi connectivity index (χ2n) is 8.96. The van der Waals surface area contributed by atoms with Crippen molar-refractivity contribution in [3.05, 3.63) is 59.7 Å². The molecule has 34 heavy (non-hydrogen) atoms. The first kappa shape index (κ1) is 25.3. The first-order chi connectivity index (χ1) is 16.4. The highest BCUT2D eigenvalue weighted by atomic mass is 16.5. The highest BCUT2D eigenvalue weighted by molar-refractivity contribution is 5.79. The number of hydrogen-bond acceptors (Lipinski definition) is 4. The van der Waals surface area contributed by atoms with Gasteiger partial charge in [-0.1, -0.05) is 62.4 Å². The van der Waals surface area contributed by atoms with Crippen LogP contribution < -0.4 is 10.6 Å². The maximum atomic E-state index is 12.5. The summed E-state index contributed by atoms with van der Waals surface area (Å²) in [5.74, 6) is -0.737. The monoisotopic (exact) mass is 466 g/mol. The molecule has 0 aliphatic heterocycles. The van der Waals surface area contributed by atoms with Crippen LogP contribution in [0.15, 0.2) is 48.5 Å². The fourth-order valence-electron chi connectivity index (χ4n) is 4.37. The number of aliphatic carboxylic acids is 1. The van der Waals surface area contributed by atoms with Gasteiger partial charge in [-0.3, -0.25) is 9.59 Å². The van der Waals surface area contributed by atoms with Gasteiger partial charge in [0.15, 0.2) is 0 Å². The highest BCUT2D eigenvalue weighted by Crippen LogP contribution is 2.44. The molecule has 7 nitrogen and oxygen atoms in total. The van der Waals surface area contributed by atoms with Crippen molar-refractivity contribution in [3.63, 3.8) is 0 Å². The van der Waals surface area contributed by atoms with Crippen molar-refractivity contribution in [1.82, 2.24) is 10.6 Å². The number of rotatable bonds is 12. The Kier molecular flexibility index (Phi) is 9.08. The van der Waals surface area contributed by atoms with Crippen molar-refractivity contribution < 1.29 is 24.2 Å². The number of benzene rings is 2. The largest absolute Gasteiger partial charge is 0.481 e. The predicted octanol–water partition coefficient (Wildman–Crippen LogP) is 4.70. The van der Waals surface area contributed by atoms with E-state index in [1.807, 2.05) is 38.1 Å². The number of carbonyl (C=O) groups is 3. The van der Waals surface area contributed by atoms with E-state index >= 15 is 0 Å². The van der Waals surface area contributed by atoms with Crippen LogP contribution in [0.5, 0.6) is 0 Å². The van der Waals surface area contributed by atoms with Gasteiger partial charge < -0.3 is 20.5 Å². The van der Waals surface area contributed by atoms with Crippen molar-refractivity contribution in [3.8, 4) is 11.1 Å². The van der Waals surface area contributed by atoms with Crippen molar-refractivity contribution in [2.24, 2.45) is 5.92 Å². The summed E-state index contributed by atoms with van der Waals surface area (Å²) in [7, 11) is 0. The maximum Gasteiger partial charge on any atom is 0.407 e. The third-order valence-electron chi connectivity index (χ3n) is 6.40. The lowest BCUT2D eigenvalue weighted by molar-refractivity contribution is -0.137. The maximum absolute atomic E-state index is 12.5. The number of ether oxygens (including phenoxy) is 1. The van der Waals surface area contributed by atoms with Gasteiger partial charge in [-0.2, -0.15) is 0 Å². The number of fused-ring (bicyclic) bond motifs is 3. The first-order valence-corrected chi connectivity index (χ1v) is 12.0. The Hall–Kier alpha value is -3.35. The molecule has 1 aliphatic carbocycles. The Labute approximate surface area is 200 Å². The number of nitrogens with one attached hydrogen (secondary N) is 2. The molecule has 3 N–H and O–H groups in total. The average molecular weight is 467 g/mol. The number of carbonyl (C=O) groups excluding carboxylic acids is 2. The van der Waals surface area contributed by atoms with Gasteiger partial charge in [-0.05, 0) is 47.4 Å². The van der Waals surface area contributed by atoms with Crippen LogP contribution in [0.2, 0.25) is 0 Å². The van der Waals surface area contributed by atoms with Gasteiger partial charge in [0.1, 0.15) is 6.61 Å². The fraction of sp³-hybridized carbons (Fsp3) is 0.444. The average Bonchev–Trinajstić information content (AvgIpc) is 3.14. The van der Waals surface area contributed by atoms with Crippen LogP contribution in [-0.4, -0.2) is 42.3 Å². The van der Waals surface area contributed by atoms with Crippen LogP contribution in [0.4, 0.5) is 4.79 Å². The first-order valence-electron chi connectivity index (χ1n) is 12.0. The molecule has 0 aromatic heterocycles. The molecule has 2 amide bonds. The molecule has 3 rings (SSSR count). The van der Waals surface area contributed by atoms with Gasteiger partial charge in [-0.15, -0.1) is 0 Å². The van der Waals surface area contributed by atoms with Crippen molar-refractivity contribution in [2.75, 3.05) is 13.2 Å². The SMILES string of the molecule is CC[C@H](CC(=O)NCCC(C)CCC(=O)O)NC(=O)OCC1c2ccccc2-c2ccccc21. The Morgan fingerprint density at radius 2 is 1.62 bits per heavy atom. The molecule has 0 saturated heterocycles. The predicted molar refractivity (Wildman–Crippen MR) is 131 cm³/mol. The summed E-state index contributed by atoms with van der Waals surface area (Å²) < 4.78 is 5.58. The molecule has 0 bridgehead atoms. The number of hydrogen-bond donors (Lipinski definition) is 3. The van der Waals surface area contributed by atoms with Crippen LogP contribution in [0, 0.1) is 5.92 Å². The third kappa shape index (κ3) is 6.83. The van der Waals surface area contributed by atoms with E-state index in [0.717, 1.165) is 17.5 Å². The molecule has 182 valence electrons. The van der Waals surface area contributed by atoms with E-state index in [1.54, 1.807) is 0 Å². The molecule has 2 atom stereocenters. The molecule has 7 heteroatoms. The van der Waals surface area contributed by atoms with Crippen LogP contribution in [0.1, 0.15) is 63.0 Å². The highest BCUT2D eigenvalue weighted by Gasteiger charge is 2.29. The molecular formula is C27H34N2O5. The van der Waals surface area contributed by atoms with E-state index in [9.17, 15) is 14.4 Å². The number of amides is 2. The van der Waals surface area contributed by atoms with Crippen molar-refractivity contribution in [1.29, 1.82) is 0 Å². The lowest BCUT2D eigenvalue weighted by Crippen LogP contribution is -2.39. The van der Waals surface area contributed by atoms with Crippen molar-refractivity contribution >= 4 is 18.0 Å². The molecule has 1 aliphatic rings. The molecule has 2 aromatic rings. The lowest BCUT2D eigenvalue weighted by Gasteiger charge is -2.19. The van der Waals surface area contributed by atoms with E-state index in [4.69, 9.17) is 9.84 Å². The second-order valence-corrected chi connectivity index (χ2v) is 8.96. The molecule has 2 aromatic carbocycles. The zero-order chi connectivity index (χ0) is 24.5. The topological polar surface area (TPSA) is 105 Å². The van der Waals surface area contributed by atoms with Crippen molar-refractivity contribution in [2.45, 2.75) is 57.9 Å². The van der Waals surface area contributed by atoms with Gasteiger partial charge >= 0.3 is 12.1 Å². The minimum Gasteiger partial charge on any atom is -0.481 e. The second kappa shape index (κ2) is 12.2. The molecule has 0 spiro atoms. The van der Waals surface area contributed by atoms with Crippen LogP contribution in [-0.2, 0) is 14.3 Å². The van der Waals surface area contributed by atoms with E-state index in [1.165, 1.54) is 11.1 Å². The molecule has 0 radical (unpaired) electrons. The fourth-order valence-corrected chi connectivity index (χ4v) is 4.37. The summed E-state index contributed by atoms with van der Waals surface area (Å²) in [6.45, 7) is 4.61. The van der Waals surface area contributed by atoms with E-state index in [2.05, 4.69) is 34.9 Å². The van der Waals surface area contributed by atoms with Gasteiger partial charge in [0, 0.05) is 31.3 Å². The zero-order valence-corrected chi connectivity index (χ0v) is 19.9. The van der Waals surface area contributed by atoms with Gasteiger partial charge in [-0.25, -0.2) is 4.79 Å². The summed E-state index contributed by atoms with van der Waals surface area (Å²) in [4.78, 5) is 35.4. The van der Waals surface area contributed by atoms with E-state index in [0.29, 0.717) is 19.4 Å². The number of carboxylic acid groups (broad SMARTS) is 1. The van der Waals surface area contributed by atoms with E-state index < -0.39 is 12.1 Å². The number of carboxylic acids is 1. The quantitative estimate of drug-likeness (QED) is 0.421. The van der Waals surface area contributed by atoms with Crippen LogP contribution in [0.25, 0.3) is 11.1 Å². The molecule has 1 unspecified atom stereocenters. The summed E-state index contributed by atoms with van der Waals surface area (Å²) in [5.41, 5.74) is 4.65. The zero-order valence-electron chi connectivity index (χ0n) is 19.9. The minimum absolute atomic E-state index is 0.00959. The van der Waals surface area contributed by atoms with Gasteiger partial charge in [0.2, 0.25) is 5.91 Å². The molecule has 0 saturated carbocycles. The molecule has 0 fully saturated rings. The van der Waals surface area contributed by atoms with Crippen LogP contribution >= 0.6 is 0 Å². The normalized spacial score (nSPS) is 13.9. The van der Waals surface area contributed by atoms with Crippen LogP contribution in [0.3, 0.4) is 0 Å². The summed E-state index contributed by atoms with van der Waals surface area (Å²) in [6, 6.07) is 16.0. The summed E-state index contributed by atoms with van der Waals surface area (Å²) >= 11 is 0. The Morgan fingerprint density at radius 3 is 2.21 bits per heavy atom. The number of alkyl carbamates (subject to hydrolysis) is 1. The molecular weight excluding hydrogens is 432 g/mol. The summed E-state index contributed by atoms with van der Waals surface area (Å²) in [5, 5.41) is 14.4. The Balaban J connectivity index is 1.44. The lowest BCUT2D eigenvalue weighted by atomic mass is 9.98. The Bertz CT molecular complexity index is 961. The summed E-state index contributed by atoms with van der Waals surface area (Å²) in [6.07, 6.45) is 1.69. The smallest absolute Gasteiger partial charge is 0.407 e. The third-order valence-corrected chi connectivity index (χ3v) is 6.40. The van der Waals surface area contributed by atoms with E-state index in [-0.39, 0.29) is 43.2 Å².